The van der Waals surface area contributed by atoms with Gasteiger partial charge in [-0.2, -0.15) is 10.5 Å². The molecule has 0 unspecified atom stereocenters. The molecule has 0 atom stereocenters. The molecule has 1 aromatic carbocycles. The van der Waals surface area contributed by atoms with Gasteiger partial charge in [0.25, 0.3) is 0 Å². The molecule has 4 nitrogen and oxygen atoms in total. The normalized spacial score (nSPS) is 8.25. The van der Waals surface area contributed by atoms with Crippen molar-refractivity contribution >= 4 is 5.69 Å². The molecule has 0 aliphatic carbocycles. The Bertz CT molecular complexity index is 370. The number of rotatable bonds is 1. The van der Waals surface area contributed by atoms with E-state index in [0.717, 1.165) is 0 Å². The Morgan fingerprint density at radius 3 is 2.50 bits per heavy atom. The van der Waals surface area contributed by atoms with Crippen LogP contribution in [0, 0.1) is 22.7 Å². The minimum absolute atomic E-state index is 0.280. The topological polar surface area (TPSA) is 85.6 Å². The highest BCUT2D eigenvalue weighted by Crippen LogP contribution is 2.16. The van der Waals surface area contributed by atoms with E-state index < -0.39 is 0 Å². The quantitative estimate of drug-likeness (QED) is 0.465. The van der Waals surface area contributed by atoms with Crippen LogP contribution in [0.3, 0.4) is 0 Å². The molecule has 0 amide bonds. The third kappa shape index (κ3) is 1.20. The lowest BCUT2D eigenvalue weighted by Gasteiger charge is -2.02. The molecule has 0 aromatic heterocycles. The summed E-state index contributed by atoms with van der Waals surface area (Å²) in [6.07, 6.45) is 0. The highest BCUT2D eigenvalue weighted by Gasteiger charge is 2.04. The summed E-state index contributed by atoms with van der Waals surface area (Å²) in [4.78, 5) is 0. The molecule has 0 bridgehead atoms. The van der Waals surface area contributed by atoms with Crippen LogP contribution in [0.25, 0.3) is 0 Å². The summed E-state index contributed by atoms with van der Waals surface area (Å²) < 4.78 is 0. The predicted molar refractivity (Wildman–Crippen MR) is 43.7 cm³/mol. The van der Waals surface area contributed by atoms with E-state index in [1.807, 2.05) is 12.1 Å². The lowest BCUT2D eigenvalue weighted by atomic mass is 10.1. The van der Waals surface area contributed by atoms with Crippen LogP contribution in [-0.2, 0) is 0 Å². The number of nitriles is 2. The smallest absolute Gasteiger partial charge is 0.103 e. The molecule has 58 valence electrons. The Hall–Kier alpha value is -2.04. The van der Waals surface area contributed by atoms with Gasteiger partial charge in [-0.05, 0) is 12.1 Å². The van der Waals surface area contributed by atoms with Crippen molar-refractivity contribution in [2.24, 2.45) is 5.84 Å². The number of nitrogen functional groups attached to an aromatic ring is 1. The Morgan fingerprint density at radius 1 is 1.25 bits per heavy atom. The molecule has 0 saturated heterocycles. The largest absolute Gasteiger partial charge is 0.323 e. The van der Waals surface area contributed by atoms with E-state index in [4.69, 9.17) is 16.4 Å². The van der Waals surface area contributed by atoms with E-state index in [1.54, 1.807) is 18.2 Å². The molecular formula is C8H6N4. The number of hydrogen-bond acceptors (Lipinski definition) is 4. The molecule has 0 radical (unpaired) electrons. The summed E-state index contributed by atoms with van der Waals surface area (Å²) in [5.74, 6) is 5.14. The second kappa shape index (κ2) is 3.38. The number of benzene rings is 1. The lowest BCUT2D eigenvalue weighted by Crippen LogP contribution is -2.08. The molecule has 1 rings (SSSR count). The van der Waals surface area contributed by atoms with Crippen molar-refractivity contribution in [1.82, 2.24) is 0 Å². The van der Waals surface area contributed by atoms with E-state index in [9.17, 15) is 0 Å². The van der Waals surface area contributed by atoms with Crippen LogP contribution in [0.15, 0.2) is 18.2 Å². The average molecular weight is 158 g/mol. The molecule has 3 N–H and O–H groups in total. The van der Waals surface area contributed by atoms with Gasteiger partial charge in [0, 0.05) is 0 Å². The fourth-order valence-corrected chi connectivity index (χ4v) is 0.886. The van der Waals surface area contributed by atoms with Crippen LogP contribution in [0.4, 0.5) is 5.69 Å². The maximum atomic E-state index is 8.66. The standard InChI is InChI=1S/C8H6N4/c9-4-6-2-1-3-8(12-11)7(6)5-10/h1-3,12H,11H2. The van der Waals surface area contributed by atoms with Gasteiger partial charge in [0.15, 0.2) is 0 Å². The van der Waals surface area contributed by atoms with Gasteiger partial charge in [0.1, 0.15) is 12.1 Å². The third-order valence-corrected chi connectivity index (χ3v) is 1.45. The first-order chi connectivity index (χ1) is 5.83. The molecule has 12 heavy (non-hydrogen) atoms. The highest BCUT2D eigenvalue weighted by atomic mass is 15.2. The minimum Gasteiger partial charge on any atom is -0.323 e. The molecule has 0 aliphatic heterocycles. The number of hydrogen-bond donors (Lipinski definition) is 2. The van der Waals surface area contributed by atoms with Crippen molar-refractivity contribution in [3.05, 3.63) is 29.3 Å². The first-order valence-electron chi connectivity index (χ1n) is 3.23. The van der Waals surface area contributed by atoms with Gasteiger partial charge in [-0.3, -0.25) is 5.84 Å². The van der Waals surface area contributed by atoms with Gasteiger partial charge >= 0.3 is 0 Å². The average Bonchev–Trinajstić information content (AvgIpc) is 2.16. The lowest BCUT2D eigenvalue weighted by molar-refractivity contribution is 1.32. The van der Waals surface area contributed by atoms with Crippen molar-refractivity contribution in [2.45, 2.75) is 0 Å². The van der Waals surface area contributed by atoms with Gasteiger partial charge in [0.2, 0.25) is 0 Å². The summed E-state index contributed by atoms with van der Waals surface area (Å²) in [6, 6.07) is 8.67. The first kappa shape index (κ1) is 8.06. The second-order valence-electron chi connectivity index (χ2n) is 2.10. The summed E-state index contributed by atoms with van der Waals surface area (Å²) in [6.45, 7) is 0. The molecule has 0 spiro atoms. The number of nitrogens with zero attached hydrogens (tertiary/aromatic N) is 2. The zero-order chi connectivity index (χ0) is 8.97. The number of nitrogens with one attached hydrogen (secondary N) is 1. The summed E-state index contributed by atoms with van der Waals surface area (Å²) in [5, 5.41) is 17.3. The predicted octanol–water partition coefficient (Wildman–Crippen LogP) is 0.716. The zero-order valence-electron chi connectivity index (χ0n) is 6.20. The Labute approximate surface area is 69.8 Å². The monoisotopic (exact) mass is 158 g/mol. The number of anilines is 1. The maximum absolute atomic E-state index is 8.66. The molecule has 0 fully saturated rings. The van der Waals surface area contributed by atoms with Gasteiger partial charge < -0.3 is 5.43 Å². The highest BCUT2D eigenvalue weighted by molar-refractivity contribution is 5.63. The van der Waals surface area contributed by atoms with Gasteiger partial charge in [-0.1, -0.05) is 6.07 Å². The Balaban J connectivity index is 3.37. The van der Waals surface area contributed by atoms with Crippen LogP contribution >= 0.6 is 0 Å². The number of nitrogens with two attached hydrogens (primary N) is 1. The SMILES string of the molecule is N#Cc1cccc(NN)c1C#N. The minimum atomic E-state index is 0.280. The van der Waals surface area contributed by atoms with Gasteiger partial charge in [-0.15, -0.1) is 0 Å². The fraction of sp³-hybridized carbons (Fsp3) is 0. The molecule has 0 aliphatic rings. The van der Waals surface area contributed by atoms with E-state index in [2.05, 4.69) is 5.43 Å². The fourth-order valence-electron chi connectivity index (χ4n) is 0.886. The molecule has 1 aromatic rings. The van der Waals surface area contributed by atoms with Crippen molar-refractivity contribution in [3.8, 4) is 12.1 Å². The summed E-state index contributed by atoms with van der Waals surface area (Å²) in [7, 11) is 0. The van der Waals surface area contributed by atoms with E-state index in [-0.39, 0.29) is 5.56 Å². The molecular weight excluding hydrogens is 152 g/mol. The third-order valence-electron chi connectivity index (χ3n) is 1.45. The van der Waals surface area contributed by atoms with Gasteiger partial charge in [-0.25, -0.2) is 0 Å². The van der Waals surface area contributed by atoms with E-state index in [0.29, 0.717) is 11.3 Å². The van der Waals surface area contributed by atoms with Crippen LogP contribution in [0.1, 0.15) is 11.1 Å². The summed E-state index contributed by atoms with van der Waals surface area (Å²) in [5.41, 5.74) is 3.42. The maximum Gasteiger partial charge on any atom is 0.103 e. The molecule has 4 heteroatoms. The first-order valence-corrected chi connectivity index (χ1v) is 3.23. The zero-order valence-corrected chi connectivity index (χ0v) is 6.20. The van der Waals surface area contributed by atoms with Crippen LogP contribution in [0.2, 0.25) is 0 Å². The van der Waals surface area contributed by atoms with Crippen LogP contribution in [0.5, 0.6) is 0 Å². The van der Waals surface area contributed by atoms with Crippen molar-refractivity contribution in [2.75, 3.05) is 5.43 Å². The van der Waals surface area contributed by atoms with E-state index >= 15 is 0 Å². The summed E-state index contributed by atoms with van der Waals surface area (Å²) >= 11 is 0. The van der Waals surface area contributed by atoms with Crippen molar-refractivity contribution < 1.29 is 0 Å². The Morgan fingerprint density at radius 2 is 2.00 bits per heavy atom. The Kier molecular flexibility index (Phi) is 2.27. The van der Waals surface area contributed by atoms with E-state index in [1.165, 1.54) is 0 Å². The van der Waals surface area contributed by atoms with Gasteiger partial charge in [0.05, 0.1) is 16.8 Å². The van der Waals surface area contributed by atoms with Crippen LogP contribution in [-0.4, -0.2) is 0 Å². The van der Waals surface area contributed by atoms with Crippen LogP contribution < -0.4 is 11.3 Å². The number of hydrazine groups is 1. The second-order valence-corrected chi connectivity index (χ2v) is 2.10. The molecule has 0 heterocycles. The van der Waals surface area contributed by atoms with Crippen molar-refractivity contribution in [3.63, 3.8) is 0 Å². The van der Waals surface area contributed by atoms with Crippen molar-refractivity contribution in [1.29, 1.82) is 10.5 Å². The molecule has 0 saturated carbocycles.